The molecule has 0 unspecified atom stereocenters. The van der Waals surface area contributed by atoms with Crippen molar-refractivity contribution in [1.29, 1.82) is 0 Å². The second kappa shape index (κ2) is 9.20. The Labute approximate surface area is 192 Å². The highest BCUT2D eigenvalue weighted by atomic mass is 35.5. The first-order chi connectivity index (χ1) is 15.7. The number of aromatic nitrogens is 2. The van der Waals surface area contributed by atoms with Crippen LogP contribution >= 0.6 is 11.6 Å². The highest BCUT2D eigenvalue weighted by molar-refractivity contribution is 6.30. The molecule has 0 aliphatic carbocycles. The van der Waals surface area contributed by atoms with E-state index in [-0.39, 0.29) is 11.8 Å². The molecule has 0 saturated carbocycles. The van der Waals surface area contributed by atoms with Gasteiger partial charge < -0.3 is 19.1 Å². The molecule has 0 atom stereocenters. The summed E-state index contributed by atoms with van der Waals surface area (Å²) < 4.78 is 5.37. The van der Waals surface area contributed by atoms with Crippen LogP contribution in [0, 0.1) is 5.92 Å². The van der Waals surface area contributed by atoms with Crippen LogP contribution in [0.4, 0.5) is 11.5 Å². The van der Waals surface area contributed by atoms with Crippen LogP contribution in [0.5, 0.6) is 0 Å². The van der Waals surface area contributed by atoms with Gasteiger partial charge in [-0.3, -0.25) is 4.79 Å². The Balaban J connectivity index is 1.12. The number of anilines is 2. The maximum Gasteiger partial charge on any atom is 0.225 e. The Morgan fingerprint density at radius 3 is 2.38 bits per heavy atom. The molecule has 0 N–H and O–H groups in total. The number of furan rings is 1. The largest absolute Gasteiger partial charge is 0.463 e. The lowest BCUT2D eigenvalue weighted by Gasteiger charge is -2.39. The highest BCUT2D eigenvalue weighted by Gasteiger charge is 2.31. The number of piperazine rings is 1. The molecule has 4 heterocycles. The lowest BCUT2D eigenvalue weighted by molar-refractivity contribution is -0.136. The minimum atomic E-state index is 0.0827. The molecular weight excluding hydrogens is 426 g/mol. The Kier molecular flexibility index (Phi) is 5.99. The van der Waals surface area contributed by atoms with Gasteiger partial charge in [0.2, 0.25) is 5.91 Å². The summed E-state index contributed by atoms with van der Waals surface area (Å²) in [5.74, 6) is 1.93. The zero-order valence-corrected chi connectivity index (χ0v) is 18.6. The van der Waals surface area contributed by atoms with Gasteiger partial charge in [-0.25, -0.2) is 0 Å². The molecule has 0 bridgehead atoms. The van der Waals surface area contributed by atoms with Crippen molar-refractivity contribution in [2.75, 3.05) is 49.1 Å². The molecule has 2 aromatic heterocycles. The molecule has 8 heteroatoms. The number of rotatable bonds is 4. The second-order valence-corrected chi connectivity index (χ2v) is 8.74. The number of nitrogens with zero attached hydrogens (tertiary/aromatic N) is 5. The number of amides is 1. The van der Waals surface area contributed by atoms with Gasteiger partial charge in [0.05, 0.1) is 6.26 Å². The predicted octanol–water partition coefficient (Wildman–Crippen LogP) is 3.96. The third kappa shape index (κ3) is 4.43. The molecule has 32 heavy (non-hydrogen) atoms. The lowest BCUT2D eigenvalue weighted by Crippen LogP contribution is -2.51. The summed E-state index contributed by atoms with van der Waals surface area (Å²) in [5.41, 5.74) is 1.85. The minimum Gasteiger partial charge on any atom is -0.463 e. The number of hydrogen-bond donors (Lipinski definition) is 0. The normalized spacial score (nSPS) is 17.6. The van der Waals surface area contributed by atoms with Crippen molar-refractivity contribution in [1.82, 2.24) is 15.1 Å². The van der Waals surface area contributed by atoms with Gasteiger partial charge in [0, 0.05) is 55.9 Å². The minimum absolute atomic E-state index is 0.0827. The first-order valence-corrected chi connectivity index (χ1v) is 11.5. The monoisotopic (exact) mass is 451 g/mol. The molecule has 2 saturated heterocycles. The average Bonchev–Trinajstić information content (AvgIpc) is 3.39. The molecule has 2 aliphatic rings. The van der Waals surface area contributed by atoms with Crippen LogP contribution in [-0.2, 0) is 4.79 Å². The van der Waals surface area contributed by atoms with Crippen molar-refractivity contribution < 1.29 is 9.21 Å². The Hall–Kier alpha value is -3.06. The summed E-state index contributed by atoms with van der Waals surface area (Å²) in [6.07, 6.45) is 3.31. The molecule has 3 aromatic rings. The quantitative estimate of drug-likeness (QED) is 0.598. The highest BCUT2D eigenvalue weighted by Crippen LogP contribution is 2.26. The zero-order chi connectivity index (χ0) is 21.9. The number of carbonyl (C=O) groups excluding carboxylic acids is 1. The Bertz CT molecular complexity index is 1040. The Morgan fingerprint density at radius 2 is 1.72 bits per heavy atom. The van der Waals surface area contributed by atoms with Crippen molar-refractivity contribution in [2.45, 2.75) is 12.8 Å². The van der Waals surface area contributed by atoms with Crippen molar-refractivity contribution in [3.8, 4) is 11.5 Å². The maximum absolute atomic E-state index is 13.1. The standard InChI is InChI=1S/C24H26ClN5O2/c25-19-3-1-4-20(17-19)28-12-14-30(15-13-28)24(31)18-8-10-29(11-9-18)23-7-6-21(26-27-23)22-5-2-16-32-22/h1-7,16-18H,8-15H2. The zero-order valence-electron chi connectivity index (χ0n) is 17.9. The fourth-order valence-electron chi connectivity index (χ4n) is 4.52. The van der Waals surface area contributed by atoms with Crippen LogP contribution in [0.1, 0.15) is 12.8 Å². The number of benzene rings is 1. The van der Waals surface area contributed by atoms with E-state index < -0.39 is 0 Å². The molecule has 2 aliphatic heterocycles. The first-order valence-electron chi connectivity index (χ1n) is 11.1. The summed E-state index contributed by atoms with van der Waals surface area (Å²) in [7, 11) is 0. The Morgan fingerprint density at radius 1 is 0.906 bits per heavy atom. The fraction of sp³-hybridized carbons (Fsp3) is 0.375. The molecule has 5 rings (SSSR count). The SMILES string of the molecule is O=C(C1CCN(c2ccc(-c3ccco3)nn2)CC1)N1CCN(c2cccc(Cl)c2)CC1. The molecule has 0 radical (unpaired) electrons. The van der Waals surface area contributed by atoms with Gasteiger partial charge in [-0.1, -0.05) is 17.7 Å². The van der Waals surface area contributed by atoms with E-state index in [1.54, 1.807) is 6.26 Å². The molecule has 2 fully saturated rings. The van der Waals surface area contributed by atoms with Crippen molar-refractivity contribution in [3.05, 3.63) is 59.8 Å². The summed E-state index contributed by atoms with van der Waals surface area (Å²) >= 11 is 6.12. The molecule has 7 nitrogen and oxygen atoms in total. The van der Waals surface area contributed by atoms with Crippen molar-refractivity contribution in [3.63, 3.8) is 0 Å². The first kappa shape index (κ1) is 20.8. The van der Waals surface area contributed by atoms with Crippen molar-refractivity contribution >= 4 is 29.0 Å². The van der Waals surface area contributed by atoms with Gasteiger partial charge in [0.15, 0.2) is 11.6 Å². The van der Waals surface area contributed by atoms with Crippen LogP contribution in [0.25, 0.3) is 11.5 Å². The summed E-state index contributed by atoms with van der Waals surface area (Å²) in [6.45, 7) is 4.81. The molecule has 0 spiro atoms. The van der Waals surface area contributed by atoms with Crippen LogP contribution in [-0.4, -0.2) is 60.3 Å². The van der Waals surface area contributed by atoms with Gasteiger partial charge in [-0.15, -0.1) is 10.2 Å². The number of hydrogen-bond acceptors (Lipinski definition) is 6. The van der Waals surface area contributed by atoms with Crippen LogP contribution < -0.4 is 9.80 Å². The molecule has 166 valence electrons. The van der Waals surface area contributed by atoms with Crippen LogP contribution in [0.2, 0.25) is 5.02 Å². The predicted molar refractivity (Wildman–Crippen MR) is 125 cm³/mol. The van der Waals surface area contributed by atoms with Gasteiger partial charge in [0.25, 0.3) is 0 Å². The third-order valence-corrected chi connectivity index (χ3v) is 6.59. The van der Waals surface area contributed by atoms with Gasteiger partial charge in [-0.2, -0.15) is 0 Å². The van der Waals surface area contributed by atoms with E-state index >= 15 is 0 Å². The lowest BCUT2D eigenvalue weighted by atomic mass is 9.95. The fourth-order valence-corrected chi connectivity index (χ4v) is 4.71. The molecule has 1 amide bonds. The number of piperidine rings is 1. The van der Waals surface area contributed by atoms with Crippen LogP contribution in [0.3, 0.4) is 0 Å². The van der Waals surface area contributed by atoms with E-state index in [0.29, 0.717) is 5.76 Å². The molecule has 1 aromatic carbocycles. The maximum atomic E-state index is 13.1. The van der Waals surface area contributed by atoms with E-state index in [0.717, 1.165) is 74.3 Å². The van der Waals surface area contributed by atoms with E-state index in [1.165, 1.54) is 0 Å². The van der Waals surface area contributed by atoms with Gasteiger partial charge in [-0.05, 0) is 55.3 Å². The number of carbonyl (C=O) groups is 1. The van der Waals surface area contributed by atoms with E-state index in [9.17, 15) is 4.79 Å². The van der Waals surface area contributed by atoms with E-state index in [1.807, 2.05) is 47.4 Å². The van der Waals surface area contributed by atoms with E-state index in [2.05, 4.69) is 26.1 Å². The smallest absolute Gasteiger partial charge is 0.225 e. The summed E-state index contributed by atoms with van der Waals surface area (Å²) in [5, 5.41) is 9.40. The van der Waals surface area contributed by atoms with Gasteiger partial charge >= 0.3 is 0 Å². The third-order valence-electron chi connectivity index (χ3n) is 6.36. The topological polar surface area (TPSA) is 65.7 Å². The summed E-state index contributed by atoms with van der Waals surface area (Å²) in [4.78, 5) is 19.6. The van der Waals surface area contributed by atoms with Crippen molar-refractivity contribution in [2.24, 2.45) is 5.92 Å². The van der Waals surface area contributed by atoms with Gasteiger partial charge in [0.1, 0.15) is 5.69 Å². The van der Waals surface area contributed by atoms with E-state index in [4.69, 9.17) is 16.0 Å². The summed E-state index contributed by atoms with van der Waals surface area (Å²) in [6, 6.07) is 15.5. The second-order valence-electron chi connectivity index (χ2n) is 8.31. The molecular formula is C24H26ClN5O2. The number of halogens is 1. The van der Waals surface area contributed by atoms with Crippen LogP contribution in [0.15, 0.2) is 59.2 Å². The average molecular weight is 452 g/mol.